The second-order valence-corrected chi connectivity index (χ2v) is 5.54. The molecule has 1 fully saturated rings. The van der Waals surface area contributed by atoms with Crippen LogP contribution in [0.15, 0.2) is 28.7 Å². The van der Waals surface area contributed by atoms with Crippen molar-refractivity contribution < 1.29 is 14.3 Å². The fourth-order valence-electron chi connectivity index (χ4n) is 2.26. The fourth-order valence-corrected chi connectivity index (χ4v) is 2.65. The highest BCUT2D eigenvalue weighted by atomic mass is 79.9. The summed E-state index contributed by atoms with van der Waals surface area (Å²) in [6, 6.07) is 7.21. The van der Waals surface area contributed by atoms with Crippen molar-refractivity contribution in [3.8, 4) is 0 Å². The highest BCUT2D eigenvalue weighted by Gasteiger charge is 2.35. The maximum atomic E-state index is 11.9. The molecule has 0 amide bonds. The molecule has 1 N–H and O–H groups in total. The van der Waals surface area contributed by atoms with Crippen LogP contribution in [0.25, 0.3) is 0 Å². The van der Waals surface area contributed by atoms with Gasteiger partial charge in [0.1, 0.15) is 0 Å². The molecule has 0 bridgehead atoms. The van der Waals surface area contributed by atoms with Gasteiger partial charge in [0.15, 0.2) is 6.04 Å². The lowest BCUT2D eigenvalue weighted by Crippen LogP contribution is -2.41. The number of rotatable bonds is 4. The van der Waals surface area contributed by atoms with E-state index in [1.165, 1.54) is 7.11 Å². The van der Waals surface area contributed by atoms with Crippen molar-refractivity contribution in [1.29, 1.82) is 0 Å². The summed E-state index contributed by atoms with van der Waals surface area (Å²) in [7, 11) is 1.40. The Morgan fingerprint density at radius 3 is 2.79 bits per heavy atom. The third-order valence-corrected chi connectivity index (χ3v) is 3.97. The first kappa shape index (κ1) is 14.3. The molecule has 1 aromatic carbocycles. The smallest absolute Gasteiger partial charge is 0.331 e. The van der Waals surface area contributed by atoms with E-state index in [0.717, 1.165) is 23.0 Å². The van der Waals surface area contributed by atoms with E-state index in [9.17, 15) is 4.79 Å². The average molecular weight is 328 g/mol. The van der Waals surface area contributed by atoms with Crippen molar-refractivity contribution in [2.24, 2.45) is 0 Å². The zero-order chi connectivity index (χ0) is 13.8. The minimum Gasteiger partial charge on any atom is -0.467 e. The number of nitrogens with one attached hydrogen (secondary N) is 1. The lowest BCUT2D eigenvalue weighted by Gasteiger charge is -2.24. The van der Waals surface area contributed by atoms with Crippen molar-refractivity contribution in [3.63, 3.8) is 0 Å². The molecule has 2 rings (SSSR count). The predicted molar refractivity (Wildman–Crippen MR) is 77.1 cm³/mol. The highest BCUT2D eigenvalue weighted by Crippen LogP contribution is 2.27. The van der Waals surface area contributed by atoms with Crippen molar-refractivity contribution in [1.82, 2.24) is 0 Å². The third-order valence-electron chi connectivity index (χ3n) is 3.28. The van der Waals surface area contributed by atoms with Crippen molar-refractivity contribution in [2.75, 3.05) is 12.4 Å². The van der Waals surface area contributed by atoms with Gasteiger partial charge < -0.3 is 14.8 Å². The Hall–Kier alpha value is -1.07. The van der Waals surface area contributed by atoms with Crippen LogP contribution in [0.1, 0.15) is 19.8 Å². The molecule has 3 atom stereocenters. The van der Waals surface area contributed by atoms with Gasteiger partial charge in [0.2, 0.25) is 0 Å². The Balaban J connectivity index is 2.15. The Labute approximate surface area is 121 Å². The van der Waals surface area contributed by atoms with Crippen LogP contribution in [-0.4, -0.2) is 31.3 Å². The van der Waals surface area contributed by atoms with Crippen LogP contribution in [0.2, 0.25) is 0 Å². The van der Waals surface area contributed by atoms with Crippen LogP contribution in [0, 0.1) is 0 Å². The van der Waals surface area contributed by atoms with E-state index in [1.807, 2.05) is 31.2 Å². The molecule has 5 heteroatoms. The first-order valence-corrected chi connectivity index (χ1v) is 7.15. The normalized spacial score (nSPS) is 23.9. The minimum atomic E-state index is -0.478. The molecular formula is C14H18BrNO3. The second-order valence-electron chi connectivity index (χ2n) is 4.69. The van der Waals surface area contributed by atoms with Gasteiger partial charge in [-0.2, -0.15) is 0 Å². The SMILES string of the molecule is COC(=O)C(Nc1ccccc1Br)C1CCC(C)O1. The second kappa shape index (κ2) is 6.39. The Bertz CT molecular complexity index is 452. The van der Waals surface area contributed by atoms with Gasteiger partial charge in [-0.1, -0.05) is 12.1 Å². The summed E-state index contributed by atoms with van der Waals surface area (Å²) in [6.45, 7) is 2.02. The van der Waals surface area contributed by atoms with Crippen LogP contribution in [0.4, 0.5) is 5.69 Å². The summed E-state index contributed by atoms with van der Waals surface area (Å²) in [4.78, 5) is 11.9. The first-order chi connectivity index (χ1) is 9.11. The maximum Gasteiger partial charge on any atom is 0.331 e. The molecule has 1 aliphatic heterocycles. The third kappa shape index (κ3) is 3.48. The van der Waals surface area contributed by atoms with Gasteiger partial charge in [0.05, 0.1) is 19.3 Å². The van der Waals surface area contributed by atoms with Gasteiger partial charge in [-0.25, -0.2) is 4.79 Å². The molecule has 0 aromatic heterocycles. The number of hydrogen-bond donors (Lipinski definition) is 1. The molecule has 1 aromatic rings. The largest absolute Gasteiger partial charge is 0.467 e. The number of carbonyl (C=O) groups excluding carboxylic acids is 1. The highest BCUT2D eigenvalue weighted by molar-refractivity contribution is 9.10. The predicted octanol–water partition coefficient (Wildman–Crippen LogP) is 2.97. The first-order valence-electron chi connectivity index (χ1n) is 6.36. The Kier molecular flexibility index (Phi) is 4.82. The van der Waals surface area contributed by atoms with Crippen LogP contribution in [0.3, 0.4) is 0 Å². The van der Waals surface area contributed by atoms with Crippen molar-refractivity contribution >= 4 is 27.6 Å². The molecule has 0 radical (unpaired) electrons. The van der Waals surface area contributed by atoms with Crippen LogP contribution in [0.5, 0.6) is 0 Å². The van der Waals surface area contributed by atoms with Gasteiger partial charge >= 0.3 is 5.97 Å². The number of methoxy groups -OCH3 is 1. The van der Waals surface area contributed by atoms with Gasteiger partial charge in [-0.3, -0.25) is 0 Å². The zero-order valence-electron chi connectivity index (χ0n) is 11.1. The van der Waals surface area contributed by atoms with E-state index in [0.29, 0.717) is 0 Å². The quantitative estimate of drug-likeness (QED) is 0.864. The van der Waals surface area contributed by atoms with Gasteiger partial charge in [0, 0.05) is 10.2 Å². The molecule has 1 heterocycles. The minimum absolute atomic E-state index is 0.144. The Morgan fingerprint density at radius 1 is 1.47 bits per heavy atom. The molecule has 1 saturated heterocycles. The van der Waals surface area contributed by atoms with Gasteiger partial charge in [-0.05, 0) is 47.8 Å². The molecule has 3 unspecified atom stereocenters. The lowest BCUT2D eigenvalue weighted by atomic mass is 10.1. The molecule has 4 nitrogen and oxygen atoms in total. The summed E-state index contributed by atoms with van der Waals surface area (Å²) in [5.41, 5.74) is 0.862. The van der Waals surface area contributed by atoms with Crippen LogP contribution in [-0.2, 0) is 14.3 Å². The number of esters is 1. The van der Waals surface area contributed by atoms with Gasteiger partial charge in [0.25, 0.3) is 0 Å². The number of anilines is 1. The molecule has 0 aliphatic carbocycles. The molecule has 1 aliphatic rings. The maximum absolute atomic E-state index is 11.9. The zero-order valence-corrected chi connectivity index (χ0v) is 12.6. The molecular weight excluding hydrogens is 310 g/mol. The average Bonchev–Trinajstić information content (AvgIpc) is 2.83. The van der Waals surface area contributed by atoms with E-state index in [-0.39, 0.29) is 18.2 Å². The van der Waals surface area contributed by atoms with Crippen molar-refractivity contribution in [3.05, 3.63) is 28.7 Å². The van der Waals surface area contributed by atoms with E-state index in [1.54, 1.807) is 0 Å². The summed E-state index contributed by atoms with van der Waals surface area (Å²) in [6.07, 6.45) is 1.88. The van der Waals surface area contributed by atoms with E-state index >= 15 is 0 Å². The topological polar surface area (TPSA) is 47.6 Å². The summed E-state index contributed by atoms with van der Waals surface area (Å²) >= 11 is 3.46. The number of carbonyl (C=O) groups is 1. The van der Waals surface area contributed by atoms with Crippen LogP contribution >= 0.6 is 15.9 Å². The van der Waals surface area contributed by atoms with Crippen LogP contribution < -0.4 is 5.32 Å². The Morgan fingerprint density at radius 2 is 2.21 bits per heavy atom. The fraction of sp³-hybridized carbons (Fsp3) is 0.500. The van der Waals surface area contributed by atoms with Gasteiger partial charge in [-0.15, -0.1) is 0 Å². The monoisotopic (exact) mass is 327 g/mol. The molecule has 104 valence electrons. The van der Waals surface area contributed by atoms with Crippen molar-refractivity contribution in [2.45, 2.75) is 38.0 Å². The summed E-state index contributed by atoms with van der Waals surface area (Å²) in [5, 5.41) is 3.21. The summed E-state index contributed by atoms with van der Waals surface area (Å²) in [5.74, 6) is -0.296. The van der Waals surface area contributed by atoms with E-state index in [2.05, 4.69) is 21.2 Å². The standard InChI is InChI=1S/C14H18BrNO3/c1-9-7-8-12(19-9)13(14(17)18-2)16-11-6-4-3-5-10(11)15/h3-6,9,12-13,16H,7-8H2,1-2H3. The number of hydrogen-bond acceptors (Lipinski definition) is 4. The molecule has 0 spiro atoms. The van der Waals surface area contributed by atoms with E-state index in [4.69, 9.17) is 9.47 Å². The molecule has 0 saturated carbocycles. The molecule has 19 heavy (non-hydrogen) atoms. The van der Waals surface area contributed by atoms with E-state index < -0.39 is 6.04 Å². The lowest BCUT2D eigenvalue weighted by molar-refractivity contribution is -0.144. The summed E-state index contributed by atoms with van der Waals surface area (Å²) < 4.78 is 11.6. The number of halogens is 1. The number of para-hydroxylation sites is 1. The number of benzene rings is 1. The number of ether oxygens (including phenoxy) is 2.